The molecule has 0 radical (unpaired) electrons. The van der Waals surface area contributed by atoms with Gasteiger partial charge >= 0.3 is 28.2 Å². The second kappa shape index (κ2) is 30.2. The van der Waals surface area contributed by atoms with Gasteiger partial charge in [-0.15, -0.1) is 19.2 Å². The average molecular weight is 990 g/mol. The SMILES string of the molecule is C=CCCCCCCP(c1ccccc1)c1ccccc1.C=CCCCCCCP(c1ccccc1)c1ccccc1.Fc1[c-]c(F)c(F)c(F)c1F.[Cl][Pt+]. The van der Waals surface area contributed by atoms with Gasteiger partial charge in [0.25, 0.3) is 0 Å². The van der Waals surface area contributed by atoms with Gasteiger partial charge in [0.1, 0.15) is 0 Å². The van der Waals surface area contributed by atoms with Gasteiger partial charge in [0.15, 0.2) is 0 Å². The van der Waals surface area contributed by atoms with Crippen molar-refractivity contribution in [2.45, 2.75) is 64.2 Å². The van der Waals surface area contributed by atoms with E-state index in [9.17, 15) is 22.0 Å². The molecule has 0 bridgehead atoms. The van der Waals surface area contributed by atoms with Crippen molar-refractivity contribution in [3.05, 3.63) is 182 Å². The van der Waals surface area contributed by atoms with Crippen molar-refractivity contribution in [1.29, 1.82) is 0 Å². The van der Waals surface area contributed by atoms with E-state index in [4.69, 9.17) is 0 Å². The molecule has 0 aliphatic rings. The van der Waals surface area contributed by atoms with E-state index in [1.54, 1.807) is 18.8 Å². The van der Waals surface area contributed by atoms with E-state index in [0.717, 1.165) is 18.9 Å². The van der Waals surface area contributed by atoms with Gasteiger partial charge in [-0.25, -0.2) is 13.2 Å². The van der Waals surface area contributed by atoms with Crippen LogP contribution in [0.5, 0.6) is 0 Å². The van der Waals surface area contributed by atoms with Crippen LogP contribution in [0.2, 0.25) is 0 Å². The Kier molecular flexibility index (Phi) is 26.5. The van der Waals surface area contributed by atoms with E-state index in [0.29, 0.717) is 0 Å². The van der Waals surface area contributed by atoms with Crippen LogP contribution in [-0.4, -0.2) is 12.3 Å². The molecule has 0 aliphatic carbocycles. The molecule has 296 valence electrons. The van der Waals surface area contributed by atoms with Crippen molar-refractivity contribution in [2.75, 3.05) is 12.3 Å². The number of hydrogen-bond donors (Lipinski definition) is 0. The zero-order chi connectivity index (χ0) is 40.1. The molecular weight excluding hydrogens is 940 g/mol. The maximum absolute atomic E-state index is 12.0. The fraction of sp³-hybridized carbons (Fsp3) is 0.261. The number of halogens is 6. The van der Waals surface area contributed by atoms with Crippen LogP contribution >= 0.6 is 25.3 Å². The predicted octanol–water partition coefficient (Wildman–Crippen LogP) is 13.4. The molecule has 55 heavy (non-hydrogen) atoms. The standard InChI is InChI=1S/2C20H25P.C6F5.ClH.Pt/c2*1-2-3-4-5-6-13-18-21(19-14-9-7-10-15-19)20-16-11-8-12-17-20;7-2-1-3(8)5(10)6(11)4(2)9;;/h2*2,7-12,14-17H,1,3-6,13,18H2;;1H;/q;;-1;;+2/p-1. The minimum absolute atomic E-state index is 0.196. The Balaban J connectivity index is 0.000000292. The maximum atomic E-state index is 12.0. The molecule has 5 aromatic rings. The van der Waals surface area contributed by atoms with Crippen LogP contribution in [0.25, 0.3) is 0 Å². The summed E-state index contributed by atoms with van der Waals surface area (Å²) >= 11 is 1.61. The summed E-state index contributed by atoms with van der Waals surface area (Å²) < 4.78 is 59.9. The molecular formula is C46H50ClF5P2Pt. The Morgan fingerprint density at radius 3 is 0.982 bits per heavy atom. The van der Waals surface area contributed by atoms with Crippen molar-refractivity contribution in [1.82, 2.24) is 0 Å². The third-order valence-electron chi connectivity index (χ3n) is 8.34. The first-order chi connectivity index (χ1) is 26.9. The van der Waals surface area contributed by atoms with Crippen molar-refractivity contribution >= 4 is 46.5 Å². The summed E-state index contributed by atoms with van der Waals surface area (Å²) in [6, 6.07) is 45.1. The average Bonchev–Trinajstić information content (AvgIpc) is 3.24. The third-order valence-corrected chi connectivity index (χ3v) is 13.6. The van der Waals surface area contributed by atoms with Gasteiger partial charge in [-0.2, -0.15) is 0 Å². The van der Waals surface area contributed by atoms with E-state index in [1.807, 2.05) is 12.2 Å². The molecule has 0 spiro atoms. The third kappa shape index (κ3) is 18.7. The fourth-order valence-corrected chi connectivity index (χ4v) is 10.4. The fourth-order valence-electron chi connectivity index (χ4n) is 5.57. The summed E-state index contributed by atoms with van der Waals surface area (Å²) in [7, 11) is 4.22. The predicted molar refractivity (Wildman–Crippen MR) is 225 cm³/mol. The van der Waals surface area contributed by atoms with E-state index >= 15 is 0 Å². The monoisotopic (exact) mass is 989 g/mol. The molecule has 0 aliphatic heterocycles. The Bertz CT molecular complexity index is 1530. The van der Waals surface area contributed by atoms with Crippen molar-refractivity contribution in [3.8, 4) is 0 Å². The van der Waals surface area contributed by atoms with Gasteiger partial charge in [-0.1, -0.05) is 159 Å². The Morgan fingerprint density at radius 1 is 0.436 bits per heavy atom. The first kappa shape index (κ1) is 48.2. The number of rotatable bonds is 18. The molecule has 0 aromatic heterocycles. The molecule has 0 amide bonds. The Labute approximate surface area is 343 Å². The Morgan fingerprint density at radius 2 is 0.709 bits per heavy atom. The summed E-state index contributed by atoms with van der Waals surface area (Å²) in [6.07, 6.45) is 19.6. The number of allylic oxidation sites excluding steroid dienone is 2. The van der Waals surface area contributed by atoms with Gasteiger partial charge in [0, 0.05) is 0 Å². The van der Waals surface area contributed by atoms with Gasteiger partial charge in [-0.05, 0) is 87.9 Å². The van der Waals surface area contributed by atoms with Crippen LogP contribution in [0.15, 0.2) is 147 Å². The molecule has 0 atom stereocenters. The molecule has 5 rings (SSSR count). The van der Waals surface area contributed by atoms with Gasteiger partial charge < -0.3 is 0 Å². The first-order valence-corrected chi connectivity index (χ1v) is 24.2. The number of hydrogen-bond acceptors (Lipinski definition) is 0. The van der Waals surface area contributed by atoms with Crippen LogP contribution < -0.4 is 21.2 Å². The van der Waals surface area contributed by atoms with E-state index in [-0.39, 0.29) is 15.8 Å². The van der Waals surface area contributed by atoms with Crippen LogP contribution in [0, 0.1) is 35.2 Å². The minimum atomic E-state index is -2.17. The van der Waals surface area contributed by atoms with E-state index in [2.05, 4.69) is 144 Å². The topological polar surface area (TPSA) is 0 Å². The molecule has 0 saturated heterocycles. The number of unbranched alkanes of at least 4 members (excludes halogenated alkanes) is 8. The van der Waals surface area contributed by atoms with Crippen LogP contribution in [-0.2, 0) is 18.8 Å². The summed E-state index contributed by atoms with van der Waals surface area (Å²) in [5, 5.41) is 6.02. The van der Waals surface area contributed by atoms with Crippen LogP contribution in [0.3, 0.4) is 0 Å². The molecule has 9 heteroatoms. The van der Waals surface area contributed by atoms with Crippen molar-refractivity contribution in [2.24, 2.45) is 0 Å². The molecule has 0 nitrogen and oxygen atoms in total. The molecule has 0 N–H and O–H groups in total. The van der Waals surface area contributed by atoms with E-state index in [1.165, 1.54) is 84.9 Å². The van der Waals surface area contributed by atoms with E-state index < -0.39 is 29.1 Å². The zero-order valence-electron chi connectivity index (χ0n) is 31.1. The molecule has 0 fully saturated rings. The van der Waals surface area contributed by atoms with Gasteiger partial charge in [-0.3, -0.25) is 8.78 Å². The summed E-state index contributed by atoms with van der Waals surface area (Å²) in [5.74, 6) is -10.0. The Hall–Kier alpha value is -2.93. The van der Waals surface area contributed by atoms with Crippen molar-refractivity contribution in [3.63, 3.8) is 0 Å². The van der Waals surface area contributed by atoms with Gasteiger partial charge in [0.05, 0.1) is 29.1 Å². The second-order valence-electron chi connectivity index (χ2n) is 12.3. The van der Waals surface area contributed by atoms with Crippen LogP contribution in [0.1, 0.15) is 64.2 Å². The quantitative estimate of drug-likeness (QED) is 0.0156. The summed E-state index contributed by atoms with van der Waals surface area (Å²) in [4.78, 5) is 0. The van der Waals surface area contributed by atoms with Crippen LogP contribution in [0.4, 0.5) is 22.0 Å². The normalized spacial score (nSPS) is 10.4. The van der Waals surface area contributed by atoms with Gasteiger partial charge in [0.2, 0.25) is 0 Å². The first-order valence-electron chi connectivity index (χ1n) is 18.4. The molecule has 0 saturated carbocycles. The molecule has 5 aromatic carbocycles. The molecule has 0 unspecified atom stereocenters. The molecule has 0 heterocycles. The second-order valence-corrected chi connectivity index (χ2v) is 17.0. The zero-order valence-corrected chi connectivity index (χ0v) is 35.9. The van der Waals surface area contributed by atoms with Crippen molar-refractivity contribution < 1.29 is 40.7 Å². The summed E-state index contributed by atoms with van der Waals surface area (Å²) in [5.41, 5.74) is 0. The number of benzene rings is 5. The summed E-state index contributed by atoms with van der Waals surface area (Å²) in [6.45, 7) is 7.58.